The lowest BCUT2D eigenvalue weighted by molar-refractivity contribution is -0.177. The second-order valence-corrected chi connectivity index (χ2v) is 12.8. The minimum absolute atomic E-state index is 0.00656. The highest BCUT2D eigenvalue weighted by Crippen LogP contribution is 2.45. The summed E-state index contributed by atoms with van der Waals surface area (Å²) in [6.07, 6.45) is 9.63. The zero-order chi connectivity index (χ0) is 31.7. The van der Waals surface area contributed by atoms with Crippen LogP contribution < -0.4 is 0 Å². The molecule has 3 rings (SSSR count). The van der Waals surface area contributed by atoms with Crippen LogP contribution in [-0.2, 0) is 31.8 Å². The van der Waals surface area contributed by atoms with Gasteiger partial charge in [0.15, 0.2) is 0 Å². The molecular weight excluding hydrogens is 568 g/mol. The lowest BCUT2D eigenvalue weighted by atomic mass is 9.69. The van der Waals surface area contributed by atoms with Gasteiger partial charge in [-0.25, -0.2) is 0 Å². The number of hydrogen-bond donors (Lipinski definition) is 0. The largest absolute Gasteiger partial charge is 0.381 e. The van der Waals surface area contributed by atoms with Crippen LogP contribution in [0.3, 0.4) is 0 Å². The van der Waals surface area contributed by atoms with Crippen molar-refractivity contribution in [3.8, 4) is 0 Å². The zero-order valence-corrected chi connectivity index (χ0v) is 29.0. The van der Waals surface area contributed by atoms with Gasteiger partial charge < -0.3 is 18.9 Å². The van der Waals surface area contributed by atoms with Crippen molar-refractivity contribution in [2.24, 2.45) is 5.92 Å². The smallest absolute Gasteiger partial charge is 0.111 e. The molecule has 2 aromatic rings. The third kappa shape index (κ3) is 10.7. The molecule has 0 aromatic heterocycles. The van der Waals surface area contributed by atoms with Crippen molar-refractivity contribution in [2.75, 3.05) is 33.0 Å². The van der Waals surface area contributed by atoms with Gasteiger partial charge in [-0.15, -0.1) is 0 Å². The van der Waals surface area contributed by atoms with Crippen molar-refractivity contribution in [3.05, 3.63) is 81.9 Å². The molecule has 0 unspecified atom stereocenters. The lowest BCUT2D eigenvalue weighted by Crippen LogP contribution is -2.56. The lowest BCUT2D eigenvalue weighted by Gasteiger charge is -2.48. The zero-order valence-electron chi connectivity index (χ0n) is 28.3. The number of halogens is 1. The van der Waals surface area contributed by atoms with E-state index in [1.165, 1.54) is 16.7 Å². The highest BCUT2D eigenvalue weighted by Gasteiger charge is 2.49. The molecule has 5 atom stereocenters. The van der Waals surface area contributed by atoms with E-state index in [4.69, 9.17) is 37.1 Å². The molecule has 0 aliphatic heterocycles. The Morgan fingerprint density at radius 3 is 1.80 bits per heavy atom. The van der Waals surface area contributed by atoms with E-state index in [-0.39, 0.29) is 30.1 Å². The molecule has 4 nitrogen and oxygen atoms in total. The summed E-state index contributed by atoms with van der Waals surface area (Å²) >= 11 is 6.83. The van der Waals surface area contributed by atoms with Crippen molar-refractivity contribution in [1.29, 1.82) is 0 Å². The number of unbranched alkanes of at least 4 members (excludes halogenated alkanes) is 4. The first kappa shape index (κ1) is 36.8. The SMILES string of the molecule is C=C1[C@H](COCCCC)[C@@H](OCCCC)[C@H](OCCCC)[C@@H](OCCCC)[C@@H]1c1ccc(Cl)c(Cc2ccc(CC)cc2)c1. The van der Waals surface area contributed by atoms with E-state index in [1.807, 2.05) is 6.07 Å². The van der Waals surface area contributed by atoms with E-state index in [2.05, 4.69) is 71.0 Å². The van der Waals surface area contributed by atoms with E-state index in [0.29, 0.717) is 26.4 Å². The van der Waals surface area contributed by atoms with Crippen LogP contribution in [-0.4, -0.2) is 51.3 Å². The summed E-state index contributed by atoms with van der Waals surface area (Å²) < 4.78 is 26.6. The topological polar surface area (TPSA) is 36.9 Å². The van der Waals surface area contributed by atoms with E-state index in [0.717, 1.165) is 87.0 Å². The number of hydrogen-bond acceptors (Lipinski definition) is 4. The molecule has 1 aliphatic carbocycles. The first-order chi connectivity index (χ1) is 21.5. The summed E-state index contributed by atoms with van der Waals surface area (Å²) in [6, 6.07) is 15.4. The first-order valence-corrected chi connectivity index (χ1v) is 17.8. The van der Waals surface area contributed by atoms with Gasteiger partial charge in [0.05, 0.1) is 18.8 Å². The third-order valence-corrected chi connectivity index (χ3v) is 9.24. The summed E-state index contributed by atoms with van der Waals surface area (Å²) in [6.45, 7) is 19.1. The molecule has 0 amide bonds. The summed E-state index contributed by atoms with van der Waals surface area (Å²) in [4.78, 5) is 0. The average Bonchev–Trinajstić information content (AvgIpc) is 3.03. The van der Waals surface area contributed by atoms with Crippen LogP contribution >= 0.6 is 11.6 Å². The van der Waals surface area contributed by atoms with Gasteiger partial charge in [0.1, 0.15) is 6.10 Å². The Morgan fingerprint density at radius 1 is 0.659 bits per heavy atom. The van der Waals surface area contributed by atoms with Gasteiger partial charge in [-0.1, -0.05) is 120 Å². The predicted octanol–water partition coefficient (Wildman–Crippen LogP) is 10.1. The number of ether oxygens (including phenoxy) is 4. The van der Waals surface area contributed by atoms with Crippen LogP contribution in [0.2, 0.25) is 5.02 Å². The predicted molar refractivity (Wildman–Crippen MR) is 185 cm³/mol. The number of rotatable bonds is 21. The van der Waals surface area contributed by atoms with Gasteiger partial charge >= 0.3 is 0 Å². The molecule has 1 fully saturated rings. The van der Waals surface area contributed by atoms with Gasteiger partial charge in [0.2, 0.25) is 0 Å². The van der Waals surface area contributed by atoms with Crippen LogP contribution in [0.1, 0.15) is 114 Å². The quantitative estimate of drug-likeness (QED) is 0.102. The molecule has 0 radical (unpaired) electrons. The van der Waals surface area contributed by atoms with Gasteiger partial charge in [0, 0.05) is 43.3 Å². The summed E-state index contributed by atoms with van der Waals surface area (Å²) in [7, 11) is 0. The Morgan fingerprint density at radius 2 is 1.20 bits per heavy atom. The Labute approximate surface area is 273 Å². The van der Waals surface area contributed by atoms with Crippen LogP contribution in [0.5, 0.6) is 0 Å². The van der Waals surface area contributed by atoms with Crippen LogP contribution in [0.15, 0.2) is 54.6 Å². The Kier molecular flexibility index (Phi) is 17.1. The van der Waals surface area contributed by atoms with E-state index < -0.39 is 0 Å². The van der Waals surface area contributed by atoms with E-state index in [9.17, 15) is 0 Å². The van der Waals surface area contributed by atoms with E-state index in [1.54, 1.807) is 0 Å². The molecule has 1 aliphatic rings. The second kappa shape index (κ2) is 20.4. The van der Waals surface area contributed by atoms with Crippen molar-refractivity contribution in [1.82, 2.24) is 0 Å². The number of benzene rings is 2. The van der Waals surface area contributed by atoms with Gasteiger partial charge in [-0.3, -0.25) is 0 Å². The second-order valence-electron chi connectivity index (χ2n) is 12.4. The van der Waals surface area contributed by atoms with Gasteiger partial charge in [-0.05, 0) is 66.8 Å². The average molecular weight is 627 g/mol. The first-order valence-electron chi connectivity index (χ1n) is 17.5. The highest BCUT2D eigenvalue weighted by atomic mass is 35.5. The molecule has 0 bridgehead atoms. The highest BCUT2D eigenvalue weighted by molar-refractivity contribution is 6.31. The molecule has 44 heavy (non-hydrogen) atoms. The number of aryl methyl sites for hydroxylation is 1. The monoisotopic (exact) mass is 626 g/mol. The van der Waals surface area contributed by atoms with Crippen molar-refractivity contribution in [2.45, 2.75) is 123 Å². The fraction of sp³-hybridized carbons (Fsp3) is 0.641. The molecule has 0 heterocycles. The van der Waals surface area contributed by atoms with E-state index >= 15 is 0 Å². The normalized spacial score (nSPS) is 22.0. The summed E-state index contributed by atoms with van der Waals surface area (Å²) in [5, 5.41) is 0.786. The molecule has 246 valence electrons. The van der Waals surface area contributed by atoms with Crippen LogP contribution in [0, 0.1) is 5.92 Å². The molecule has 1 saturated carbocycles. The van der Waals surface area contributed by atoms with Gasteiger partial charge in [0.25, 0.3) is 0 Å². The van der Waals surface area contributed by atoms with Crippen molar-refractivity contribution in [3.63, 3.8) is 0 Å². The summed E-state index contributed by atoms with van der Waals surface area (Å²) in [5.74, 6) is -0.0464. The third-order valence-electron chi connectivity index (χ3n) is 8.87. The fourth-order valence-electron chi connectivity index (χ4n) is 6.04. The molecule has 0 N–H and O–H groups in total. The molecule has 0 spiro atoms. The maximum atomic E-state index is 6.83. The fourth-order valence-corrected chi connectivity index (χ4v) is 6.22. The molecule has 5 heteroatoms. The Balaban J connectivity index is 2.04. The Bertz CT molecular complexity index is 1080. The van der Waals surface area contributed by atoms with Gasteiger partial charge in [-0.2, -0.15) is 0 Å². The van der Waals surface area contributed by atoms with Crippen LogP contribution in [0.4, 0.5) is 0 Å². The van der Waals surface area contributed by atoms with Crippen molar-refractivity contribution >= 4 is 11.6 Å². The molecule has 0 saturated heterocycles. The minimum atomic E-state index is -0.216. The summed E-state index contributed by atoms with van der Waals surface area (Å²) in [5.41, 5.74) is 6.01. The van der Waals surface area contributed by atoms with Crippen LogP contribution in [0.25, 0.3) is 0 Å². The molecule has 2 aromatic carbocycles. The standard InChI is InChI=1S/C39H59ClO4/c1-7-12-22-41-28-34-29(6)36(32-20-21-35(40)33(27-32)26-31-18-16-30(11-5)17-19-31)38(43-24-14-9-3)39(44-25-15-10-4)37(34)42-23-13-8-2/h16-21,27,34,36-39H,6-15,22-26,28H2,1-5H3/t34-,36-,37+,38-,39-/m0/s1. The maximum absolute atomic E-state index is 6.83. The maximum Gasteiger partial charge on any atom is 0.111 e. The minimum Gasteiger partial charge on any atom is -0.381 e. The van der Waals surface area contributed by atoms with Crippen molar-refractivity contribution < 1.29 is 18.9 Å². The molecular formula is C39H59ClO4. The Hall–Kier alpha value is -1.69.